The van der Waals surface area contributed by atoms with E-state index in [0.29, 0.717) is 19.6 Å². The van der Waals surface area contributed by atoms with Crippen LogP contribution in [-0.4, -0.2) is 42.8 Å². The van der Waals surface area contributed by atoms with Gasteiger partial charge < -0.3 is 13.7 Å². The maximum Gasteiger partial charge on any atom is 0.310 e. The van der Waals surface area contributed by atoms with E-state index in [1.54, 1.807) is 21.0 Å². The molecule has 1 atom stereocenters. The second-order valence-corrected chi connectivity index (χ2v) is 10.0. The fourth-order valence-electron chi connectivity index (χ4n) is 3.61. The lowest BCUT2D eigenvalue weighted by Gasteiger charge is -2.29. The minimum atomic E-state index is -3.81. The van der Waals surface area contributed by atoms with Crippen LogP contribution in [0, 0.1) is 13.8 Å². The molecule has 1 aromatic carbocycles. The van der Waals surface area contributed by atoms with E-state index in [1.165, 1.54) is 10.9 Å². The summed E-state index contributed by atoms with van der Waals surface area (Å²) in [6.07, 6.45) is 2.41. The van der Waals surface area contributed by atoms with E-state index < -0.39 is 10.1 Å². The van der Waals surface area contributed by atoms with Gasteiger partial charge in [0.2, 0.25) is 11.0 Å². The molecule has 0 radical (unpaired) electrons. The highest BCUT2D eigenvalue weighted by Gasteiger charge is 2.29. The van der Waals surface area contributed by atoms with Crippen molar-refractivity contribution in [2.24, 2.45) is 0 Å². The van der Waals surface area contributed by atoms with Crippen LogP contribution >= 0.6 is 11.8 Å². The predicted octanol–water partition coefficient (Wildman–Crippen LogP) is 4.04. The molecule has 0 aliphatic carbocycles. The Kier molecular flexibility index (Phi) is 7.33. The highest BCUT2D eigenvalue weighted by atomic mass is 32.2. The zero-order chi connectivity index (χ0) is 22.8. The number of thioether (sulfide) groups is 1. The third-order valence-electron chi connectivity index (χ3n) is 5.13. The van der Waals surface area contributed by atoms with Crippen LogP contribution in [-0.2, 0) is 21.4 Å². The van der Waals surface area contributed by atoms with Gasteiger partial charge in [0.05, 0.1) is 24.7 Å². The zero-order valence-corrected chi connectivity index (χ0v) is 20.1. The highest BCUT2D eigenvalue weighted by Crippen LogP contribution is 2.43. The third-order valence-corrected chi connectivity index (χ3v) is 7.50. The maximum absolute atomic E-state index is 13.2. The summed E-state index contributed by atoms with van der Waals surface area (Å²) in [6.45, 7) is 8.38. The number of aromatic nitrogens is 2. The van der Waals surface area contributed by atoms with Crippen LogP contribution in [0.5, 0.6) is 11.6 Å². The van der Waals surface area contributed by atoms with Gasteiger partial charge in [-0.05, 0) is 56.1 Å². The van der Waals surface area contributed by atoms with Crippen molar-refractivity contribution >= 4 is 27.0 Å². The number of hydrogen-bond donors (Lipinski definition) is 0. The van der Waals surface area contributed by atoms with Crippen molar-refractivity contribution in [3.8, 4) is 11.6 Å². The average molecular weight is 469 g/mol. The molecular formula is C21H28N2O6S2. The first-order chi connectivity index (χ1) is 14.7. The van der Waals surface area contributed by atoms with Gasteiger partial charge in [0.25, 0.3) is 0 Å². The second kappa shape index (κ2) is 9.62. The quantitative estimate of drug-likeness (QED) is 0.423. The monoisotopic (exact) mass is 468 g/mol. The molecule has 0 saturated heterocycles. The molecule has 0 spiro atoms. The van der Waals surface area contributed by atoms with Gasteiger partial charge in [-0.1, -0.05) is 6.92 Å². The first-order valence-corrected chi connectivity index (χ1v) is 12.6. The number of aryl methyl sites for hydroxylation is 2. The molecule has 0 bridgehead atoms. The lowest BCUT2D eigenvalue weighted by Crippen LogP contribution is -2.18. The number of methoxy groups -OCH3 is 1. The molecule has 10 heteroatoms. The van der Waals surface area contributed by atoms with E-state index in [0.717, 1.165) is 45.5 Å². The van der Waals surface area contributed by atoms with Gasteiger partial charge >= 0.3 is 10.1 Å². The van der Waals surface area contributed by atoms with Gasteiger partial charge in [-0.25, -0.2) is 4.68 Å². The fraction of sp³-hybridized carbons (Fsp3) is 0.524. The smallest absolute Gasteiger partial charge is 0.310 e. The van der Waals surface area contributed by atoms with E-state index in [-0.39, 0.29) is 28.4 Å². The van der Waals surface area contributed by atoms with Crippen LogP contribution in [0.15, 0.2) is 17.2 Å². The molecule has 0 fully saturated rings. The normalized spacial score (nSPS) is 16.0. The summed E-state index contributed by atoms with van der Waals surface area (Å²) in [4.78, 5) is 13.9. The lowest BCUT2D eigenvalue weighted by atomic mass is 9.95. The summed E-state index contributed by atoms with van der Waals surface area (Å²) < 4.78 is 42.6. The van der Waals surface area contributed by atoms with E-state index >= 15 is 0 Å². The Hall–Kier alpha value is -2.04. The van der Waals surface area contributed by atoms with Crippen molar-refractivity contribution in [3.63, 3.8) is 0 Å². The van der Waals surface area contributed by atoms with Crippen LogP contribution in [0.3, 0.4) is 0 Å². The molecular weight excluding hydrogens is 440 g/mol. The van der Waals surface area contributed by atoms with Gasteiger partial charge in [0.15, 0.2) is 0 Å². The molecule has 2 heterocycles. The van der Waals surface area contributed by atoms with Gasteiger partial charge in [-0.3, -0.25) is 4.79 Å². The third kappa shape index (κ3) is 4.91. The lowest BCUT2D eigenvalue weighted by molar-refractivity contribution is 0.0624. The first-order valence-electron chi connectivity index (χ1n) is 10.2. The van der Waals surface area contributed by atoms with Crippen LogP contribution in [0.2, 0.25) is 0 Å². The molecule has 1 aliphatic rings. The second-order valence-electron chi connectivity index (χ2n) is 7.33. The molecule has 1 aliphatic heterocycles. The van der Waals surface area contributed by atoms with Crippen molar-refractivity contribution in [3.05, 3.63) is 34.5 Å². The summed E-state index contributed by atoms with van der Waals surface area (Å²) in [5, 5.41) is 3.79. The van der Waals surface area contributed by atoms with Crippen LogP contribution in [0.4, 0.5) is 0 Å². The molecule has 2 aromatic rings. The number of rotatable bonds is 8. The largest absolute Gasteiger partial charge is 0.493 e. The molecule has 0 amide bonds. The molecule has 170 valence electrons. The summed E-state index contributed by atoms with van der Waals surface area (Å²) in [7, 11) is -2.14. The standard InChI is InChI=1S/C21H28N2O6S2/c1-6-10-31(25,26)29-20-15(12-22-23(20)7-2)21(24)30-17-11-13(3)19-18(14(17)4)16(27-5)8-9-28-19/h11-12,16H,6-10H2,1-5H3. The Morgan fingerprint density at radius 2 is 2.10 bits per heavy atom. The van der Waals surface area contributed by atoms with Crippen LogP contribution in [0.25, 0.3) is 0 Å². The number of hydrogen-bond acceptors (Lipinski definition) is 8. The molecule has 3 rings (SSSR count). The number of fused-ring (bicyclic) bond motifs is 1. The van der Waals surface area contributed by atoms with Crippen molar-refractivity contribution < 1.29 is 26.9 Å². The van der Waals surface area contributed by atoms with Crippen molar-refractivity contribution in [2.75, 3.05) is 19.5 Å². The molecule has 31 heavy (non-hydrogen) atoms. The molecule has 1 aromatic heterocycles. The number of carbonyl (C=O) groups excluding carboxylic acids is 1. The predicted molar refractivity (Wildman–Crippen MR) is 119 cm³/mol. The zero-order valence-electron chi connectivity index (χ0n) is 18.4. The SMILES string of the molecule is CCCS(=O)(=O)Oc1c(C(=O)Sc2cc(C)c3c(c2C)C(OC)CCO3)cnn1CC. The maximum atomic E-state index is 13.2. The van der Waals surface area contributed by atoms with Gasteiger partial charge in [-0.2, -0.15) is 13.5 Å². The van der Waals surface area contributed by atoms with Crippen LogP contribution in [0.1, 0.15) is 59.8 Å². The molecule has 8 nitrogen and oxygen atoms in total. The Balaban J connectivity index is 1.96. The van der Waals surface area contributed by atoms with Crippen LogP contribution < -0.4 is 8.92 Å². The van der Waals surface area contributed by atoms with E-state index in [2.05, 4.69) is 5.10 Å². The van der Waals surface area contributed by atoms with Crippen molar-refractivity contribution in [2.45, 2.75) is 58.1 Å². The fourth-order valence-corrected chi connectivity index (χ4v) is 5.56. The first kappa shape index (κ1) is 23.6. The van der Waals surface area contributed by atoms with E-state index in [4.69, 9.17) is 13.7 Å². The number of benzene rings is 1. The number of nitrogens with zero attached hydrogens (tertiary/aromatic N) is 2. The van der Waals surface area contributed by atoms with Crippen molar-refractivity contribution in [1.82, 2.24) is 9.78 Å². The summed E-state index contributed by atoms with van der Waals surface area (Å²) in [5.41, 5.74) is 2.91. The highest BCUT2D eigenvalue weighted by molar-refractivity contribution is 8.14. The minimum absolute atomic E-state index is 0.0427. The Bertz CT molecular complexity index is 1080. The Morgan fingerprint density at radius 3 is 2.74 bits per heavy atom. The Morgan fingerprint density at radius 1 is 1.35 bits per heavy atom. The summed E-state index contributed by atoms with van der Waals surface area (Å²) in [5.74, 6) is 0.629. The number of carbonyl (C=O) groups is 1. The molecule has 1 unspecified atom stereocenters. The molecule has 0 N–H and O–H groups in total. The number of ether oxygens (including phenoxy) is 2. The van der Waals surface area contributed by atoms with E-state index in [1.807, 2.05) is 19.9 Å². The topological polar surface area (TPSA) is 96.7 Å². The molecule has 0 saturated carbocycles. The van der Waals surface area contributed by atoms with Gasteiger partial charge in [0, 0.05) is 30.5 Å². The van der Waals surface area contributed by atoms with Crippen molar-refractivity contribution in [1.29, 1.82) is 0 Å². The summed E-state index contributed by atoms with van der Waals surface area (Å²) >= 11 is 1.02. The summed E-state index contributed by atoms with van der Waals surface area (Å²) in [6, 6.07) is 1.91. The van der Waals surface area contributed by atoms with Gasteiger partial charge in [-0.15, -0.1) is 0 Å². The van der Waals surface area contributed by atoms with E-state index in [9.17, 15) is 13.2 Å². The Labute approximate surface area is 187 Å². The average Bonchev–Trinajstić information content (AvgIpc) is 3.12. The minimum Gasteiger partial charge on any atom is -0.493 e. The van der Waals surface area contributed by atoms with Gasteiger partial charge in [0.1, 0.15) is 11.3 Å².